The molecule has 8 heteroatoms. The van der Waals surface area contributed by atoms with Gasteiger partial charge in [-0.05, 0) is 80.5 Å². The van der Waals surface area contributed by atoms with Crippen molar-refractivity contribution in [3.05, 3.63) is 80.9 Å². The van der Waals surface area contributed by atoms with E-state index in [2.05, 4.69) is 6.07 Å². The summed E-state index contributed by atoms with van der Waals surface area (Å²) in [6, 6.07) is 13.3. The quantitative estimate of drug-likeness (QED) is 0.359. The number of ketones is 1. The number of thiophene rings is 1. The summed E-state index contributed by atoms with van der Waals surface area (Å²) < 4.78 is 5.77. The Balaban J connectivity index is 1.78. The first-order valence-corrected chi connectivity index (χ1v) is 14.3. The highest BCUT2D eigenvalue weighted by atomic mass is 32.1. The lowest BCUT2D eigenvalue weighted by Crippen LogP contribution is -2.55. The zero-order valence-corrected chi connectivity index (χ0v) is 23.2. The molecule has 1 aliphatic carbocycles. The van der Waals surface area contributed by atoms with Crippen molar-refractivity contribution in [3.8, 4) is 6.07 Å². The Kier molecular flexibility index (Phi) is 7.21. The number of furan rings is 1. The highest BCUT2D eigenvalue weighted by Gasteiger charge is 2.66. The summed E-state index contributed by atoms with van der Waals surface area (Å²) in [5.41, 5.74) is 0.267. The van der Waals surface area contributed by atoms with Crippen molar-refractivity contribution in [2.24, 2.45) is 11.8 Å². The number of Topliss-reactive ketones (excluding diaryl/α,β-unsaturated/α-hetero) is 1. The Bertz CT molecular complexity index is 1440. The van der Waals surface area contributed by atoms with Crippen LogP contribution < -0.4 is 0 Å². The largest absolute Gasteiger partial charge is 0.479 e. The maximum absolute atomic E-state index is 14.4. The molecule has 2 aromatic heterocycles. The van der Waals surface area contributed by atoms with Gasteiger partial charge in [0.05, 0.1) is 23.6 Å². The van der Waals surface area contributed by atoms with E-state index in [1.54, 1.807) is 50.2 Å². The first-order chi connectivity index (χ1) is 18.7. The highest BCUT2D eigenvalue weighted by molar-refractivity contribution is 7.10. The van der Waals surface area contributed by atoms with Gasteiger partial charge in [-0.3, -0.25) is 9.59 Å². The fourth-order valence-corrected chi connectivity index (χ4v) is 7.73. The smallest absolute Gasteiger partial charge is 0.330 e. The number of likely N-dealkylation sites (tertiary alicyclic amines) is 1. The molecule has 2 aliphatic rings. The summed E-state index contributed by atoms with van der Waals surface area (Å²) in [6.07, 6.45) is 4.27. The molecule has 1 aliphatic heterocycles. The van der Waals surface area contributed by atoms with E-state index in [1.165, 1.54) is 16.2 Å². The van der Waals surface area contributed by atoms with E-state index < -0.39 is 29.4 Å². The number of carbonyl (C=O) groups excluding carboxylic acids is 2. The second-order valence-electron chi connectivity index (χ2n) is 10.9. The van der Waals surface area contributed by atoms with Crippen molar-refractivity contribution >= 4 is 29.0 Å². The van der Waals surface area contributed by atoms with E-state index in [9.17, 15) is 24.8 Å². The summed E-state index contributed by atoms with van der Waals surface area (Å²) in [4.78, 5) is 44.4. The minimum Gasteiger partial charge on any atom is -0.479 e. The molecule has 3 heterocycles. The highest BCUT2D eigenvalue weighted by Crippen LogP contribution is 2.58. The second kappa shape index (κ2) is 10.5. The second-order valence-corrected chi connectivity index (χ2v) is 11.9. The lowest BCUT2D eigenvalue weighted by atomic mass is 9.74. The number of rotatable bonds is 6. The van der Waals surface area contributed by atoms with E-state index >= 15 is 0 Å². The molecule has 39 heavy (non-hydrogen) atoms. The number of hydrogen-bond acceptors (Lipinski definition) is 6. The van der Waals surface area contributed by atoms with Gasteiger partial charge in [0.25, 0.3) is 0 Å². The van der Waals surface area contributed by atoms with Crippen molar-refractivity contribution in [1.82, 2.24) is 4.90 Å². The van der Waals surface area contributed by atoms with Crippen LogP contribution in [0.2, 0.25) is 0 Å². The molecule has 4 unspecified atom stereocenters. The fourth-order valence-electron chi connectivity index (χ4n) is 6.54. The maximum atomic E-state index is 14.4. The van der Waals surface area contributed by atoms with Crippen LogP contribution in [0.3, 0.4) is 0 Å². The standard InChI is InChI=1S/C31H32N2O5S/c1-18-15-16-39-28(18)25-24(27(34)23-14-9-19(2)38-23)26(21-12-10-20(17-32)11-13-21)33(31(25,3)30(36)37)29(35)22-7-5-4-6-8-22/h9-16,22,24-26H,4-8H2,1-3H3,(H,36,37). The van der Waals surface area contributed by atoms with Gasteiger partial charge in [0.1, 0.15) is 11.3 Å². The van der Waals surface area contributed by atoms with Gasteiger partial charge in [0.2, 0.25) is 11.7 Å². The molecule has 2 fully saturated rings. The number of benzene rings is 1. The van der Waals surface area contributed by atoms with Crippen LogP contribution >= 0.6 is 11.3 Å². The summed E-state index contributed by atoms with van der Waals surface area (Å²) in [5.74, 6) is -2.99. The van der Waals surface area contributed by atoms with E-state index in [1.807, 2.05) is 18.4 Å². The zero-order valence-electron chi connectivity index (χ0n) is 22.3. The predicted molar refractivity (Wildman–Crippen MR) is 146 cm³/mol. The summed E-state index contributed by atoms with van der Waals surface area (Å²) in [7, 11) is 0. The fraction of sp³-hybridized carbons (Fsp3) is 0.419. The molecular weight excluding hydrogens is 512 g/mol. The summed E-state index contributed by atoms with van der Waals surface area (Å²) in [6.45, 7) is 5.26. The molecular formula is C31H32N2O5S. The van der Waals surface area contributed by atoms with Crippen LogP contribution in [0, 0.1) is 37.0 Å². The van der Waals surface area contributed by atoms with E-state index in [-0.39, 0.29) is 23.4 Å². The summed E-state index contributed by atoms with van der Waals surface area (Å²) >= 11 is 1.41. The normalized spacial score (nSPS) is 25.4. The van der Waals surface area contributed by atoms with Crippen LogP contribution in [0.5, 0.6) is 0 Å². The number of aliphatic carboxylic acids is 1. The van der Waals surface area contributed by atoms with Crippen LogP contribution in [0.15, 0.2) is 52.3 Å². The van der Waals surface area contributed by atoms with Gasteiger partial charge in [-0.15, -0.1) is 11.3 Å². The van der Waals surface area contributed by atoms with Crippen molar-refractivity contribution in [1.29, 1.82) is 5.26 Å². The molecule has 1 N–H and O–H groups in total. The third-order valence-corrected chi connectivity index (χ3v) is 9.66. The molecule has 0 bridgehead atoms. The molecule has 3 aromatic rings. The monoisotopic (exact) mass is 544 g/mol. The van der Waals surface area contributed by atoms with Crippen molar-refractivity contribution < 1.29 is 23.9 Å². The number of carboxylic acids is 1. The molecule has 1 saturated heterocycles. The van der Waals surface area contributed by atoms with E-state index in [0.717, 1.165) is 29.7 Å². The van der Waals surface area contributed by atoms with Crippen molar-refractivity contribution in [2.45, 2.75) is 70.4 Å². The van der Waals surface area contributed by atoms with Crippen LogP contribution in [0.4, 0.5) is 0 Å². The maximum Gasteiger partial charge on any atom is 0.330 e. The van der Waals surface area contributed by atoms with Crippen molar-refractivity contribution in [3.63, 3.8) is 0 Å². The average Bonchev–Trinajstić information content (AvgIpc) is 3.64. The third kappa shape index (κ3) is 4.49. The SMILES string of the molecule is Cc1ccc(C(=O)C2C(c3ccc(C#N)cc3)N(C(=O)C3CCCCC3)C(C)(C(=O)O)C2c2sccc2C)o1. The molecule has 1 amide bonds. The average molecular weight is 545 g/mol. The number of nitrogens with zero attached hydrogens (tertiary/aromatic N) is 2. The zero-order chi connectivity index (χ0) is 27.9. The topological polar surface area (TPSA) is 112 Å². The number of nitriles is 1. The van der Waals surface area contributed by atoms with Gasteiger partial charge >= 0.3 is 5.97 Å². The lowest BCUT2D eigenvalue weighted by Gasteiger charge is -2.40. The number of aryl methyl sites for hydroxylation is 2. The van der Waals surface area contributed by atoms with Gasteiger partial charge in [-0.1, -0.05) is 31.4 Å². The van der Waals surface area contributed by atoms with Crippen LogP contribution in [0.25, 0.3) is 0 Å². The van der Waals surface area contributed by atoms with E-state index in [0.29, 0.717) is 29.7 Å². The Hall–Kier alpha value is -3.70. The number of carboxylic acid groups (broad SMARTS) is 1. The van der Waals surface area contributed by atoms with Gasteiger partial charge in [-0.2, -0.15) is 5.26 Å². The minimum absolute atomic E-state index is 0.148. The van der Waals surface area contributed by atoms with Gasteiger partial charge in [0, 0.05) is 16.7 Å². The molecule has 4 atom stereocenters. The molecule has 0 spiro atoms. The van der Waals surface area contributed by atoms with Crippen LogP contribution in [-0.2, 0) is 9.59 Å². The summed E-state index contributed by atoms with van der Waals surface area (Å²) in [5, 5.41) is 22.2. The number of amides is 1. The Morgan fingerprint density at radius 1 is 1.05 bits per heavy atom. The Morgan fingerprint density at radius 3 is 2.28 bits per heavy atom. The minimum atomic E-state index is -1.69. The van der Waals surface area contributed by atoms with Gasteiger partial charge in [-0.25, -0.2) is 4.79 Å². The molecule has 1 aromatic carbocycles. The lowest BCUT2D eigenvalue weighted by molar-refractivity contribution is -0.160. The molecule has 0 radical (unpaired) electrons. The number of hydrogen-bond donors (Lipinski definition) is 1. The number of carbonyl (C=O) groups is 3. The van der Waals surface area contributed by atoms with Crippen molar-refractivity contribution in [2.75, 3.05) is 0 Å². The third-order valence-electron chi connectivity index (χ3n) is 8.56. The molecule has 7 nitrogen and oxygen atoms in total. The first-order valence-electron chi connectivity index (χ1n) is 13.4. The molecule has 202 valence electrons. The molecule has 5 rings (SSSR count). The van der Waals surface area contributed by atoms with Gasteiger partial charge in [0.15, 0.2) is 5.76 Å². The van der Waals surface area contributed by atoms with Crippen LogP contribution in [0.1, 0.15) is 88.9 Å². The predicted octanol–water partition coefficient (Wildman–Crippen LogP) is 6.42. The molecule has 1 saturated carbocycles. The van der Waals surface area contributed by atoms with Crippen LogP contribution in [-0.4, -0.2) is 33.2 Å². The van der Waals surface area contributed by atoms with Gasteiger partial charge < -0.3 is 14.4 Å². The first kappa shape index (κ1) is 26.9. The Morgan fingerprint density at radius 2 is 1.74 bits per heavy atom. The Labute approximate surface area is 232 Å². The van der Waals surface area contributed by atoms with E-state index in [4.69, 9.17) is 4.42 Å².